The van der Waals surface area contributed by atoms with Gasteiger partial charge in [-0.05, 0) is 38.5 Å². The van der Waals surface area contributed by atoms with Crippen LogP contribution in [0.5, 0.6) is 0 Å². The number of carbonyl (C=O) groups excluding carboxylic acids is 2. The van der Waals surface area contributed by atoms with Gasteiger partial charge in [0.2, 0.25) is 11.7 Å². The third-order valence-corrected chi connectivity index (χ3v) is 4.63. The van der Waals surface area contributed by atoms with Crippen LogP contribution in [-0.4, -0.2) is 50.6 Å². The normalized spacial score (nSPS) is 27.3. The average molecular weight is 305 g/mol. The fourth-order valence-electron chi connectivity index (χ4n) is 3.66. The quantitative estimate of drug-likeness (QED) is 0.878. The SMILES string of the molecule is CC(C)NC(=O)C1C[C@@H]2CN(C(=O)c3ncn(C)n3)C[C@@H]2C1. The third-order valence-electron chi connectivity index (χ3n) is 4.63. The number of hydrogen-bond acceptors (Lipinski definition) is 4. The minimum atomic E-state index is -0.0989. The number of amides is 2. The standard InChI is InChI=1S/C15H23N5O2/c1-9(2)17-14(21)10-4-11-6-20(7-12(11)5-10)15(22)13-16-8-19(3)18-13/h8-12H,4-7H2,1-3H3,(H,17,21)/t10?,11-,12+. The Morgan fingerprint density at radius 1 is 1.27 bits per heavy atom. The Balaban J connectivity index is 1.57. The van der Waals surface area contributed by atoms with Gasteiger partial charge in [-0.1, -0.05) is 0 Å². The van der Waals surface area contributed by atoms with E-state index in [4.69, 9.17) is 0 Å². The van der Waals surface area contributed by atoms with E-state index in [2.05, 4.69) is 15.4 Å². The number of aromatic nitrogens is 3. The van der Waals surface area contributed by atoms with Gasteiger partial charge in [-0.25, -0.2) is 4.98 Å². The van der Waals surface area contributed by atoms with Crippen molar-refractivity contribution in [2.75, 3.05) is 13.1 Å². The Bertz CT molecular complexity index is 568. The summed E-state index contributed by atoms with van der Waals surface area (Å²) in [7, 11) is 1.75. The van der Waals surface area contributed by atoms with E-state index in [1.165, 1.54) is 11.0 Å². The van der Waals surface area contributed by atoms with Crippen LogP contribution < -0.4 is 5.32 Å². The van der Waals surface area contributed by atoms with Crippen LogP contribution >= 0.6 is 0 Å². The van der Waals surface area contributed by atoms with E-state index in [9.17, 15) is 9.59 Å². The Morgan fingerprint density at radius 3 is 2.41 bits per heavy atom. The van der Waals surface area contributed by atoms with Gasteiger partial charge in [0.05, 0.1) is 0 Å². The molecule has 3 rings (SSSR count). The highest BCUT2D eigenvalue weighted by molar-refractivity contribution is 5.90. The number of nitrogens with zero attached hydrogens (tertiary/aromatic N) is 4. The van der Waals surface area contributed by atoms with Gasteiger partial charge in [-0.2, -0.15) is 0 Å². The van der Waals surface area contributed by atoms with Crippen molar-refractivity contribution in [1.82, 2.24) is 25.0 Å². The second kappa shape index (κ2) is 5.70. The van der Waals surface area contributed by atoms with E-state index in [1.807, 2.05) is 18.7 Å². The summed E-state index contributed by atoms with van der Waals surface area (Å²) >= 11 is 0. The number of hydrogen-bond donors (Lipinski definition) is 1. The minimum absolute atomic E-state index is 0.0989. The smallest absolute Gasteiger partial charge is 0.293 e. The maximum atomic E-state index is 12.4. The molecule has 1 aliphatic carbocycles. The Kier molecular flexibility index (Phi) is 3.88. The molecule has 0 radical (unpaired) electrons. The van der Waals surface area contributed by atoms with Crippen LogP contribution in [0.2, 0.25) is 0 Å². The number of fused-ring (bicyclic) bond motifs is 1. The topological polar surface area (TPSA) is 80.1 Å². The van der Waals surface area contributed by atoms with Gasteiger partial charge < -0.3 is 10.2 Å². The van der Waals surface area contributed by atoms with Gasteiger partial charge >= 0.3 is 0 Å². The van der Waals surface area contributed by atoms with Crippen molar-refractivity contribution in [1.29, 1.82) is 0 Å². The summed E-state index contributed by atoms with van der Waals surface area (Å²) < 4.78 is 1.54. The summed E-state index contributed by atoms with van der Waals surface area (Å²) in [5.74, 6) is 1.28. The van der Waals surface area contributed by atoms with Crippen LogP contribution in [0.15, 0.2) is 6.33 Å². The van der Waals surface area contributed by atoms with Crippen LogP contribution in [0.4, 0.5) is 0 Å². The Hall–Kier alpha value is -1.92. The maximum Gasteiger partial charge on any atom is 0.293 e. The first-order valence-corrected chi connectivity index (χ1v) is 7.89. The molecule has 1 aliphatic heterocycles. The average Bonchev–Trinajstić information content (AvgIpc) is 3.10. The van der Waals surface area contributed by atoms with Crippen molar-refractivity contribution >= 4 is 11.8 Å². The van der Waals surface area contributed by atoms with Crippen LogP contribution in [0.25, 0.3) is 0 Å². The molecule has 2 fully saturated rings. The van der Waals surface area contributed by atoms with E-state index < -0.39 is 0 Å². The van der Waals surface area contributed by atoms with E-state index in [1.54, 1.807) is 7.05 Å². The first-order valence-electron chi connectivity index (χ1n) is 7.89. The summed E-state index contributed by atoms with van der Waals surface area (Å²) in [6.07, 6.45) is 3.29. The molecular formula is C15H23N5O2. The molecule has 2 aliphatic rings. The molecule has 22 heavy (non-hydrogen) atoms. The summed E-state index contributed by atoms with van der Waals surface area (Å²) in [6, 6.07) is 0.182. The Morgan fingerprint density at radius 2 is 1.91 bits per heavy atom. The molecule has 7 heteroatoms. The number of likely N-dealkylation sites (tertiary alicyclic amines) is 1. The lowest BCUT2D eigenvalue weighted by atomic mass is 10.0. The molecule has 1 saturated carbocycles. The summed E-state index contributed by atoms with van der Waals surface area (Å²) in [6.45, 7) is 5.39. The van der Waals surface area contributed by atoms with Crippen LogP contribution in [-0.2, 0) is 11.8 Å². The van der Waals surface area contributed by atoms with Crippen molar-refractivity contribution in [2.45, 2.75) is 32.7 Å². The molecule has 3 atom stereocenters. The van der Waals surface area contributed by atoms with Crippen molar-refractivity contribution in [3.8, 4) is 0 Å². The van der Waals surface area contributed by atoms with Gasteiger partial charge in [0, 0.05) is 32.1 Å². The summed E-state index contributed by atoms with van der Waals surface area (Å²) in [5, 5.41) is 7.07. The van der Waals surface area contributed by atoms with Crippen molar-refractivity contribution in [2.24, 2.45) is 24.8 Å². The zero-order valence-electron chi connectivity index (χ0n) is 13.3. The van der Waals surface area contributed by atoms with E-state index >= 15 is 0 Å². The molecule has 0 bridgehead atoms. The van der Waals surface area contributed by atoms with E-state index in [0.29, 0.717) is 24.9 Å². The van der Waals surface area contributed by atoms with Gasteiger partial charge in [0.25, 0.3) is 5.91 Å². The van der Waals surface area contributed by atoms with Gasteiger partial charge in [0.1, 0.15) is 6.33 Å². The highest BCUT2D eigenvalue weighted by atomic mass is 16.2. The highest BCUT2D eigenvalue weighted by Crippen LogP contribution is 2.41. The first-order chi connectivity index (χ1) is 10.4. The fourth-order valence-corrected chi connectivity index (χ4v) is 3.66. The minimum Gasteiger partial charge on any atom is -0.354 e. The van der Waals surface area contributed by atoms with Crippen LogP contribution in [0.3, 0.4) is 0 Å². The van der Waals surface area contributed by atoms with E-state index in [0.717, 1.165) is 12.8 Å². The molecule has 2 heterocycles. The fraction of sp³-hybridized carbons (Fsp3) is 0.733. The molecule has 1 unspecified atom stereocenters. The molecule has 120 valence electrons. The number of nitrogens with one attached hydrogen (secondary N) is 1. The highest BCUT2D eigenvalue weighted by Gasteiger charge is 2.45. The monoisotopic (exact) mass is 305 g/mol. The zero-order valence-corrected chi connectivity index (χ0v) is 13.3. The molecule has 7 nitrogen and oxygen atoms in total. The Labute approximate surface area is 130 Å². The molecule has 0 aromatic carbocycles. The van der Waals surface area contributed by atoms with Crippen molar-refractivity contribution in [3.63, 3.8) is 0 Å². The number of rotatable bonds is 3. The first kappa shape index (κ1) is 15.0. The number of carbonyl (C=O) groups is 2. The van der Waals surface area contributed by atoms with Gasteiger partial charge in [-0.3, -0.25) is 14.3 Å². The number of aryl methyl sites for hydroxylation is 1. The summed E-state index contributed by atoms with van der Waals surface area (Å²) in [5.41, 5.74) is 0. The molecule has 1 saturated heterocycles. The summed E-state index contributed by atoms with van der Waals surface area (Å²) in [4.78, 5) is 30.3. The lowest BCUT2D eigenvalue weighted by Crippen LogP contribution is -2.36. The lowest BCUT2D eigenvalue weighted by Gasteiger charge is -2.18. The molecular weight excluding hydrogens is 282 g/mol. The molecule has 1 N–H and O–H groups in total. The molecule has 0 spiro atoms. The van der Waals surface area contributed by atoms with Crippen LogP contribution in [0.1, 0.15) is 37.3 Å². The second-order valence-corrected chi connectivity index (χ2v) is 6.80. The molecule has 2 amide bonds. The molecule has 1 aromatic heterocycles. The van der Waals surface area contributed by atoms with Crippen molar-refractivity contribution in [3.05, 3.63) is 12.2 Å². The molecule has 1 aromatic rings. The lowest BCUT2D eigenvalue weighted by molar-refractivity contribution is -0.125. The van der Waals surface area contributed by atoms with E-state index in [-0.39, 0.29) is 29.6 Å². The van der Waals surface area contributed by atoms with Crippen molar-refractivity contribution < 1.29 is 9.59 Å². The zero-order chi connectivity index (χ0) is 15.9. The predicted molar refractivity (Wildman–Crippen MR) is 79.9 cm³/mol. The van der Waals surface area contributed by atoms with Crippen LogP contribution in [0, 0.1) is 17.8 Å². The predicted octanol–water partition coefficient (Wildman–Crippen LogP) is 0.438. The third kappa shape index (κ3) is 2.84. The largest absolute Gasteiger partial charge is 0.354 e. The maximum absolute atomic E-state index is 12.4. The second-order valence-electron chi connectivity index (χ2n) is 6.80. The van der Waals surface area contributed by atoms with Gasteiger partial charge in [0.15, 0.2) is 0 Å². The van der Waals surface area contributed by atoms with Gasteiger partial charge in [-0.15, -0.1) is 5.10 Å².